The molecule has 0 aliphatic heterocycles. The summed E-state index contributed by atoms with van der Waals surface area (Å²) in [5, 5.41) is 12.6. The van der Waals surface area contributed by atoms with E-state index in [2.05, 4.69) is 26.0 Å². The third kappa shape index (κ3) is 6.40. The summed E-state index contributed by atoms with van der Waals surface area (Å²) in [6.07, 6.45) is 5.26. The molecule has 0 spiro atoms. The number of halogens is 2. The molecule has 2 heterocycles. The van der Waals surface area contributed by atoms with Crippen molar-refractivity contribution in [2.75, 3.05) is 10.6 Å². The van der Waals surface area contributed by atoms with Gasteiger partial charge in [-0.05, 0) is 62.8 Å². The molecule has 0 bridgehead atoms. The van der Waals surface area contributed by atoms with E-state index in [1.807, 2.05) is 0 Å². The first-order valence-corrected chi connectivity index (χ1v) is 11.5. The van der Waals surface area contributed by atoms with Crippen LogP contribution < -0.4 is 16.0 Å². The average molecular weight is 483 g/mol. The van der Waals surface area contributed by atoms with Gasteiger partial charge >= 0.3 is 0 Å². The molecule has 1 aromatic carbocycles. The number of carbonyl (C=O) groups is 2. The van der Waals surface area contributed by atoms with Crippen molar-refractivity contribution in [3.8, 4) is 0 Å². The number of carbonyl (C=O) groups excluding carboxylic acids is 2. The molecule has 35 heavy (non-hydrogen) atoms. The van der Waals surface area contributed by atoms with Crippen LogP contribution >= 0.6 is 0 Å². The highest BCUT2D eigenvalue weighted by atomic mass is 19.1. The third-order valence-corrected chi connectivity index (χ3v) is 6.04. The molecule has 184 valence electrons. The van der Waals surface area contributed by atoms with Crippen molar-refractivity contribution < 1.29 is 18.4 Å². The van der Waals surface area contributed by atoms with Crippen molar-refractivity contribution >= 4 is 28.9 Å². The van der Waals surface area contributed by atoms with Crippen LogP contribution in [0.2, 0.25) is 0 Å². The van der Waals surface area contributed by atoms with Crippen molar-refractivity contribution in [3.63, 3.8) is 0 Å². The van der Waals surface area contributed by atoms with Gasteiger partial charge in [0.2, 0.25) is 5.91 Å². The lowest BCUT2D eigenvalue weighted by atomic mass is 9.97. The Morgan fingerprint density at radius 2 is 2.03 bits per heavy atom. The van der Waals surface area contributed by atoms with Crippen molar-refractivity contribution in [2.45, 2.75) is 44.8 Å². The van der Waals surface area contributed by atoms with E-state index >= 15 is 0 Å². The summed E-state index contributed by atoms with van der Waals surface area (Å²) in [5.74, 6) is -1.36. The SMILES string of the molecule is Cc1cc(Nc2cccc(C(=O)N[C@@H](C[C@@H]3CC[C@H](F)C3)C(=O)Nc3cnn(C)c3)c2)c(F)cn1. The topological polar surface area (TPSA) is 101 Å². The maximum absolute atomic E-state index is 14.1. The summed E-state index contributed by atoms with van der Waals surface area (Å²) in [5.41, 5.74) is 2.20. The molecular weight excluding hydrogens is 454 g/mol. The summed E-state index contributed by atoms with van der Waals surface area (Å²) >= 11 is 0. The molecule has 2 amide bonds. The molecule has 1 fully saturated rings. The normalized spacial score (nSPS) is 18.2. The van der Waals surface area contributed by atoms with Crippen molar-refractivity contribution in [3.05, 3.63) is 66.0 Å². The van der Waals surface area contributed by atoms with Crippen LogP contribution in [0.15, 0.2) is 48.9 Å². The zero-order valence-electron chi connectivity index (χ0n) is 19.6. The fraction of sp³-hybridized carbons (Fsp3) is 0.360. The zero-order chi connectivity index (χ0) is 24.9. The molecular formula is C25H28F2N6O2. The molecule has 1 aliphatic rings. The molecule has 10 heteroatoms. The number of pyridine rings is 1. The number of nitrogens with zero attached hydrogens (tertiary/aromatic N) is 3. The van der Waals surface area contributed by atoms with Gasteiger partial charge in [0, 0.05) is 30.2 Å². The molecule has 4 rings (SSSR count). The molecule has 1 saturated carbocycles. The van der Waals surface area contributed by atoms with Gasteiger partial charge in [0.15, 0.2) is 5.82 Å². The van der Waals surface area contributed by atoms with E-state index in [0.29, 0.717) is 48.3 Å². The summed E-state index contributed by atoms with van der Waals surface area (Å²) in [7, 11) is 1.73. The smallest absolute Gasteiger partial charge is 0.252 e. The van der Waals surface area contributed by atoms with Crippen LogP contribution in [-0.2, 0) is 11.8 Å². The minimum atomic E-state index is -0.877. The van der Waals surface area contributed by atoms with Gasteiger partial charge in [-0.15, -0.1) is 0 Å². The van der Waals surface area contributed by atoms with Gasteiger partial charge in [-0.1, -0.05) is 6.07 Å². The maximum atomic E-state index is 14.1. The van der Waals surface area contributed by atoms with Crippen LogP contribution in [0.25, 0.3) is 0 Å². The van der Waals surface area contributed by atoms with E-state index in [-0.39, 0.29) is 11.6 Å². The van der Waals surface area contributed by atoms with E-state index in [1.165, 1.54) is 6.20 Å². The highest BCUT2D eigenvalue weighted by molar-refractivity contribution is 6.01. The second-order valence-corrected chi connectivity index (χ2v) is 8.94. The Balaban J connectivity index is 1.48. The first-order chi connectivity index (χ1) is 16.8. The molecule has 0 unspecified atom stereocenters. The number of alkyl halides is 1. The Hall–Kier alpha value is -3.82. The number of benzene rings is 1. The lowest BCUT2D eigenvalue weighted by Crippen LogP contribution is -2.44. The monoisotopic (exact) mass is 482 g/mol. The lowest BCUT2D eigenvalue weighted by Gasteiger charge is -2.21. The highest BCUT2D eigenvalue weighted by Gasteiger charge is 2.31. The van der Waals surface area contributed by atoms with E-state index < -0.39 is 29.8 Å². The largest absolute Gasteiger partial charge is 0.353 e. The fourth-order valence-electron chi connectivity index (χ4n) is 4.28. The second-order valence-electron chi connectivity index (χ2n) is 8.94. The minimum absolute atomic E-state index is 0.000791. The van der Waals surface area contributed by atoms with Crippen molar-refractivity contribution in [2.24, 2.45) is 13.0 Å². The van der Waals surface area contributed by atoms with Crippen LogP contribution in [0.4, 0.5) is 25.8 Å². The van der Waals surface area contributed by atoms with Gasteiger partial charge in [-0.3, -0.25) is 19.3 Å². The second kappa shape index (κ2) is 10.6. The summed E-state index contributed by atoms with van der Waals surface area (Å²) in [4.78, 5) is 30.0. The van der Waals surface area contributed by atoms with Gasteiger partial charge in [-0.2, -0.15) is 5.10 Å². The molecule has 2 aromatic heterocycles. The molecule has 0 saturated heterocycles. The first-order valence-electron chi connectivity index (χ1n) is 11.5. The Bertz CT molecular complexity index is 1210. The van der Waals surface area contributed by atoms with Gasteiger partial charge in [0.05, 0.1) is 23.8 Å². The molecule has 3 N–H and O–H groups in total. The number of aromatic nitrogens is 3. The number of rotatable bonds is 8. The molecule has 0 radical (unpaired) electrons. The molecule has 3 aromatic rings. The number of anilines is 3. The van der Waals surface area contributed by atoms with Crippen molar-refractivity contribution in [1.82, 2.24) is 20.1 Å². The van der Waals surface area contributed by atoms with Crippen LogP contribution in [0, 0.1) is 18.7 Å². The number of nitrogens with one attached hydrogen (secondary N) is 3. The maximum Gasteiger partial charge on any atom is 0.252 e. The van der Waals surface area contributed by atoms with E-state index in [4.69, 9.17) is 0 Å². The Morgan fingerprint density at radius 3 is 2.74 bits per heavy atom. The van der Waals surface area contributed by atoms with Gasteiger partial charge in [0.25, 0.3) is 5.91 Å². The standard InChI is InChI=1S/C25H28F2N6O2/c1-15-8-22(21(27)13-28-15)30-19-5-3-4-17(11-19)24(34)32-23(10-16-6-7-18(26)9-16)25(35)31-20-12-29-33(2)14-20/h3-5,8,11-14,16,18,23H,6-7,9-10H2,1-2H3,(H,28,30)(H,31,35)(H,32,34)/t16-,18+,23+/m1/s1. The zero-order valence-corrected chi connectivity index (χ0v) is 19.6. The summed E-state index contributed by atoms with van der Waals surface area (Å²) in [6.45, 7) is 1.75. The van der Waals surface area contributed by atoms with Crippen LogP contribution in [-0.4, -0.2) is 38.8 Å². The van der Waals surface area contributed by atoms with Crippen LogP contribution in [0.5, 0.6) is 0 Å². The first kappa shape index (κ1) is 24.3. The molecule has 3 atom stereocenters. The van der Waals surface area contributed by atoms with E-state index in [1.54, 1.807) is 55.2 Å². The highest BCUT2D eigenvalue weighted by Crippen LogP contribution is 2.31. The van der Waals surface area contributed by atoms with E-state index in [9.17, 15) is 18.4 Å². The third-order valence-electron chi connectivity index (χ3n) is 6.04. The quantitative estimate of drug-likeness (QED) is 0.445. The predicted molar refractivity (Wildman–Crippen MR) is 129 cm³/mol. The van der Waals surface area contributed by atoms with Gasteiger partial charge in [-0.25, -0.2) is 8.78 Å². The number of hydrogen-bond acceptors (Lipinski definition) is 5. The lowest BCUT2D eigenvalue weighted by molar-refractivity contribution is -0.118. The summed E-state index contributed by atoms with van der Waals surface area (Å²) in [6, 6.07) is 7.28. The predicted octanol–water partition coefficient (Wildman–Crippen LogP) is 4.27. The number of aryl methyl sites for hydroxylation is 2. The fourth-order valence-corrected chi connectivity index (χ4v) is 4.28. The van der Waals surface area contributed by atoms with Crippen LogP contribution in [0.3, 0.4) is 0 Å². The van der Waals surface area contributed by atoms with Crippen molar-refractivity contribution in [1.29, 1.82) is 0 Å². The van der Waals surface area contributed by atoms with E-state index in [0.717, 1.165) is 6.20 Å². The Morgan fingerprint density at radius 1 is 1.20 bits per heavy atom. The Labute approximate surface area is 202 Å². The van der Waals surface area contributed by atoms with Crippen LogP contribution in [0.1, 0.15) is 41.7 Å². The Kier molecular flexibility index (Phi) is 7.38. The minimum Gasteiger partial charge on any atom is -0.353 e. The summed E-state index contributed by atoms with van der Waals surface area (Å²) < 4.78 is 29.4. The van der Waals surface area contributed by atoms with Gasteiger partial charge in [0.1, 0.15) is 12.2 Å². The average Bonchev–Trinajstić information content (AvgIpc) is 3.43. The molecule has 8 nitrogen and oxygen atoms in total. The number of amides is 2. The molecule has 1 aliphatic carbocycles. The van der Waals surface area contributed by atoms with Gasteiger partial charge < -0.3 is 16.0 Å². The number of hydrogen-bond donors (Lipinski definition) is 3.